The lowest BCUT2D eigenvalue weighted by Crippen LogP contribution is -2.50. The molecule has 2 amide bonds. The SMILES string of the molecule is CCOC(=O)N1CCN(S(=O)(=O)c2ccc(C(=O)N=c3sc4cccc(Br)c4n3C)cc2)CC1. The Morgan fingerprint density at radius 3 is 2.38 bits per heavy atom. The van der Waals surface area contributed by atoms with Gasteiger partial charge < -0.3 is 14.2 Å². The molecule has 12 heteroatoms. The van der Waals surface area contributed by atoms with Gasteiger partial charge in [0.15, 0.2) is 4.80 Å². The highest BCUT2D eigenvalue weighted by atomic mass is 79.9. The highest BCUT2D eigenvalue weighted by Gasteiger charge is 2.30. The minimum atomic E-state index is -3.75. The number of nitrogens with zero attached hydrogens (tertiary/aromatic N) is 4. The van der Waals surface area contributed by atoms with Gasteiger partial charge in [-0.05, 0) is 59.3 Å². The highest BCUT2D eigenvalue weighted by molar-refractivity contribution is 9.10. The quantitative estimate of drug-likeness (QED) is 0.482. The van der Waals surface area contributed by atoms with Gasteiger partial charge in [-0.2, -0.15) is 9.30 Å². The van der Waals surface area contributed by atoms with Crippen LogP contribution in [0.2, 0.25) is 0 Å². The third-order valence-corrected chi connectivity index (χ3v) is 9.12. The molecule has 0 unspecified atom stereocenters. The molecule has 0 spiro atoms. The van der Waals surface area contributed by atoms with Crippen LogP contribution in [0.4, 0.5) is 4.79 Å². The van der Waals surface area contributed by atoms with Crippen molar-refractivity contribution in [3.05, 3.63) is 57.3 Å². The molecule has 0 atom stereocenters. The monoisotopic (exact) mass is 566 g/mol. The number of para-hydroxylation sites is 1. The number of thiazole rings is 1. The van der Waals surface area contributed by atoms with Gasteiger partial charge in [0, 0.05) is 43.3 Å². The van der Waals surface area contributed by atoms with E-state index in [1.165, 1.54) is 44.8 Å². The first-order valence-corrected chi connectivity index (χ1v) is 13.6. The number of benzene rings is 2. The molecule has 1 fully saturated rings. The van der Waals surface area contributed by atoms with E-state index in [-0.39, 0.29) is 37.7 Å². The summed E-state index contributed by atoms with van der Waals surface area (Å²) in [5.41, 5.74) is 1.24. The summed E-state index contributed by atoms with van der Waals surface area (Å²) < 4.78 is 36.1. The molecule has 0 bridgehead atoms. The minimum Gasteiger partial charge on any atom is -0.450 e. The molecule has 1 aliphatic heterocycles. The zero-order chi connectivity index (χ0) is 24.5. The summed E-state index contributed by atoms with van der Waals surface area (Å²) in [5, 5.41) is 0. The maximum absolute atomic E-state index is 13.0. The largest absolute Gasteiger partial charge is 0.450 e. The molecule has 2 heterocycles. The smallest absolute Gasteiger partial charge is 0.409 e. The van der Waals surface area contributed by atoms with Crippen molar-refractivity contribution in [1.29, 1.82) is 0 Å². The second kappa shape index (κ2) is 9.98. The molecule has 1 saturated heterocycles. The summed E-state index contributed by atoms with van der Waals surface area (Å²) in [6, 6.07) is 11.6. The van der Waals surface area contributed by atoms with Crippen molar-refractivity contribution in [2.45, 2.75) is 11.8 Å². The average Bonchev–Trinajstić information content (AvgIpc) is 3.15. The molecule has 0 N–H and O–H groups in total. The van der Waals surface area contributed by atoms with Gasteiger partial charge in [0.1, 0.15) is 0 Å². The Balaban J connectivity index is 1.50. The maximum atomic E-state index is 13.0. The van der Waals surface area contributed by atoms with E-state index in [1.54, 1.807) is 6.92 Å². The lowest BCUT2D eigenvalue weighted by Gasteiger charge is -2.33. The molecule has 2 aromatic carbocycles. The van der Waals surface area contributed by atoms with Crippen LogP contribution in [0.3, 0.4) is 0 Å². The number of aryl methyl sites for hydroxylation is 1. The van der Waals surface area contributed by atoms with Gasteiger partial charge in [0.25, 0.3) is 5.91 Å². The second-order valence-corrected chi connectivity index (χ2v) is 11.4. The average molecular weight is 567 g/mol. The summed E-state index contributed by atoms with van der Waals surface area (Å²) in [6.45, 7) is 2.87. The number of amides is 2. The zero-order valence-corrected chi connectivity index (χ0v) is 21.8. The number of hydrogen-bond donors (Lipinski definition) is 0. The minimum absolute atomic E-state index is 0.0879. The number of fused-ring (bicyclic) bond motifs is 1. The van der Waals surface area contributed by atoms with Gasteiger partial charge in [0.05, 0.1) is 21.7 Å². The van der Waals surface area contributed by atoms with Crippen LogP contribution in [0.5, 0.6) is 0 Å². The van der Waals surface area contributed by atoms with Crippen molar-refractivity contribution in [2.75, 3.05) is 32.8 Å². The molecular formula is C22H23BrN4O5S2. The van der Waals surface area contributed by atoms with Gasteiger partial charge in [0.2, 0.25) is 10.0 Å². The third-order valence-electron chi connectivity index (χ3n) is 5.47. The van der Waals surface area contributed by atoms with E-state index in [0.717, 1.165) is 14.7 Å². The number of carbonyl (C=O) groups is 2. The predicted molar refractivity (Wildman–Crippen MR) is 132 cm³/mol. The van der Waals surface area contributed by atoms with E-state index in [9.17, 15) is 18.0 Å². The first kappa shape index (κ1) is 24.6. The second-order valence-electron chi connectivity index (χ2n) is 7.56. The number of carbonyl (C=O) groups excluding carboxylic acids is 2. The first-order chi connectivity index (χ1) is 16.2. The normalized spacial score (nSPS) is 15.6. The van der Waals surface area contributed by atoms with Crippen molar-refractivity contribution in [2.24, 2.45) is 12.0 Å². The fourth-order valence-corrected chi connectivity index (χ4v) is 6.89. The van der Waals surface area contributed by atoms with E-state index in [1.807, 2.05) is 29.8 Å². The standard InChI is InChI=1S/C22H23BrN4O5S2/c1-3-32-22(29)26-11-13-27(14-12-26)34(30,31)16-9-7-15(8-10-16)20(28)24-21-25(2)19-17(23)5-4-6-18(19)33-21/h4-10H,3,11-14H2,1-2H3. The molecule has 180 valence electrons. The van der Waals surface area contributed by atoms with Gasteiger partial charge in [-0.15, -0.1) is 0 Å². The topological polar surface area (TPSA) is 101 Å². The summed E-state index contributed by atoms with van der Waals surface area (Å²) in [4.78, 5) is 31.0. The van der Waals surface area contributed by atoms with E-state index in [2.05, 4.69) is 20.9 Å². The Bertz CT molecular complexity index is 1410. The Morgan fingerprint density at radius 1 is 1.09 bits per heavy atom. The Kier molecular flexibility index (Phi) is 7.22. The number of sulfonamides is 1. The van der Waals surface area contributed by atoms with Gasteiger partial charge in [-0.3, -0.25) is 4.79 Å². The van der Waals surface area contributed by atoms with Crippen molar-refractivity contribution in [3.8, 4) is 0 Å². The predicted octanol–water partition coefficient (Wildman–Crippen LogP) is 3.21. The molecular weight excluding hydrogens is 544 g/mol. The van der Waals surface area contributed by atoms with Crippen LogP contribution >= 0.6 is 27.3 Å². The van der Waals surface area contributed by atoms with Crippen LogP contribution < -0.4 is 4.80 Å². The molecule has 1 aromatic heterocycles. The fraction of sp³-hybridized carbons (Fsp3) is 0.318. The van der Waals surface area contributed by atoms with Crippen molar-refractivity contribution < 1.29 is 22.7 Å². The van der Waals surface area contributed by atoms with Crippen LogP contribution in [0.15, 0.2) is 56.8 Å². The molecule has 0 radical (unpaired) electrons. The molecule has 4 rings (SSSR count). The van der Waals surface area contributed by atoms with E-state index < -0.39 is 22.0 Å². The number of rotatable bonds is 4. The molecule has 9 nitrogen and oxygen atoms in total. The van der Waals surface area contributed by atoms with Crippen molar-refractivity contribution >= 4 is 59.5 Å². The van der Waals surface area contributed by atoms with Crippen LogP contribution in [0.1, 0.15) is 17.3 Å². The molecule has 1 aliphatic rings. The van der Waals surface area contributed by atoms with Gasteiger partial charge in [-0.1, -0.05) is 17.4 Å². The Labute approximate surface area is 209 Å². The van der Waals surface area contributed by atoms with Crippen LogP contribution in [-0.2, 0) is 21.8 Å². The summed E-state index contributed by atoms with van der Waals surface area (Å²) in [6.07, 6.45) is -0.439. The molecule has 0 saturated carbocycles. The van der Waals surface area contributed by atoms with Crippen molar-refractivity contribution in [1.82, 2.24) is 13.8 Å². The highest BCUT2D eigenvalue weighted by Crippen LogP contribution is 2.25. The third kappa shape index (κ3) is 4.81. The Hall–Kier alpha value is -2.54. The molecule has 0 aliphatic carbocycles. The zero-order valence-electron chi connectivity index (χ0n) is 18.6. The van der Waals surface area contributed by atoms with Crippen LogP contribution in [-0.4, -0.2) is 67.0 Å². The first-order valence-electron chi connectivity index (χ1n) is 10.6. The van der Waals surface area contributed by atoms with Crippen LogP contribution in [0, 0.1) is 0 Å². The lowest BCUT2D eigenvalue weighted by molar-refractivity contribution is 0.0933. The number of hydrogen-bond acceptors (Lipinski definition) is 6. The van der Waals surface area contributed by atoms with E-state index >= 15 is 0 Å². The van der Waals surface area contributed by atoms with Crippen LogP contribution in [0.25, 0.3) is 10.2 Å². The fourth-order valence-electron chi connectivity index (χ4n) is 3.66. The van der Waals surface area contributed by atoms with Crippen molar-refractivity contribution in [3.63, 3.8) is 0 Å². The number of halogens is 1. The number of ether oxygens (including phenoxy) is 1. The van der Waals surface area contributed by atoms with Gasteiger partial charge in [-0.25, -0.2) is 13.2 Å². The molecule has 34 heavy (non-hydrogen) atoms. The Morgan fingerprint density at radius 2 is 1.76 bits per heavy atom. The summed E-state index contributed by atoms with van der Waals surface area (Å²) in [5.74, 6) is -0.453. The summed E-state index contributed by atoms with van der Waals surface area (Å²) >= 11 is 4.92. The number of aromatic nitrogens is 1. The van der Waals surface area contributed by atoms with E-state index in [0.29, 0.717) is 10.4 Å². The number of piperazine rings is 1. The molecule has 3 aromatic rings. The summed E-state index contributed by atoms with van der Waals surface area (Å²) in [7, 11) is -1.91. The maximum Gasteiger partial charge on any atom is 0.409 e. The lowest BCUT2D eigenvalue weighted by atomic mass is 10.2. The van der Waals surface area contributed by atoms with Gasteiger partial charge >= 0.3 is 6.09 Å². The van der Waals surface area contributed by atoms with E-state index in [4.69, 9.17) is 4.74 Å².